The van der Waals surface area contributed by atoms with E-state index in [0.717, 1.165) is 11.4 Å². The molecule has 2 rings (SSSR count). The Labute approximate surface area is 236 Å². The second-order valence-corrected chi connectivity index (χ2v) is 7.04. The second kappa shape index (κ2) is 21.3. The predicted molar refractivity (Wildman–Crippen MR) is 105 cm³/mol. The van der Waals surface area contributed by atoms with Crippen molar-refractivity contribution in [3.63, 3.8) is 0 Å². The molecule has 0 aliphatic heterocycles. The Hall–Kier alpha value is -0.540. The summed E-state index contributed by atoms with van der Waals surface area (Å²) < 4.78 is 59.1. The van der Waals surface area contributed by atoms with E-state index in [0.29, 0.717) is 5.69 Å². The van der Waals surface area contributed by atoms with Gasteiger partial charge in [0.15, 0.2) is 4.98 Å². The van der Waals surface area contributed by atoms with E-state index in [1.165, 1.54) is 42.5 Å². The molecule has 0 unspecified atom stereocenters. The summed E-state index contributed by atoms with van der Waals surface area (Å²) >= 11 is 0. The first-order valence-corrected chi connectivity index (χ1v) is 9.04. The molecular weight excluding hydrogens is 521 g/mol. The van der Waals surface area contributed by atoms with Crippen LogP contribution in [0.3, 0.4) is 0 Å². The van der Waals surface area contributed by atoms with Gasteiger partial charge >= 0.3 is 64.8 Å². The van der Waals surface area contributed by atoms with Crippen molar-refractivity contribution in [1.82, 2.24) is 0 Å². The zero-order valence-corrected chi connectivity index (χ0v) is 22.7. The minimum atomic E-state index is -4.21. The fourth-order valence-corrected chi connectivity index (χ4v) is 2.44. The summed E-state index contributed by atoms with van der Waals surface area (Å²) in [6.07, 6.45) is 0. The molecule has 0 amide bonds. The number of benzene rings is 2. The van der Waals surface area contributed by atoms with Gasteiger partial charge in [-0.1, -0.05) is 19.6 Å². The summed E-state index contributed by atoms with van der Waals surface area (Å²) in [5.41, 5.74) is 5.66. The first kappa shape index (κ1) is 44.2. The van der Waals surface area contributed by atoms with Crippen LogP contribution in [0.15, 0.2) is 63.7 Å². The quantitative estimate of drug-likeness (QED) is 0.0822. The van der Waals surface area contributed by atoms with Crippen molar-refractivity contribution < 1.29 is 97.5 Å². The third-order valence-corrected chi connectivity index (χ3v) is 4.09. The van der Waals surface area contributed by atoms with Gasteiger partial charge in [0, 0.05) is 11.8 Å². The fourth-order valence-electron chi connectivity index (χ4n) is 1.38. The topological polar surface area (TPSA) is 215 Å². The molecule has 12 nitrogen and oxygen atoms in total. The monoisotopic (exact) mass is 537 g/mol. The van der Waals surface area contributed by atoms with Crippen molar-refractivity contribution in [2.75, 3.05) is 5.73 Å². The number of halogens is 2. The van der Waals surface area contributed by atoms with Crippen molar-refractivity contribution in [3.8, 4) is 0 Å². The van der Waals surface area contributed by atoms with Crippen molar-refractivity contribution in [1.29, 1.82) is 5.39 Å². The van der Waals surface area contributed by atoms with Gasteiger partial charge in [-0.3, -0.25) is 9.11 Å². The summed E-state index contributed by atoms with van der Waals surface area (Å²) in [5.74, 6) is 0. The van der Waals surface area contributed by atoms with Gasteiger partial charge in [0.2, 0.25) is 5.39 Å². The molecule has 31 heavy (non-hydrogen) atoms. The molecule has 2 aromatic carbocycles. The maximum absolute atomic E-state index is 10.5. The molecule has 0 aliphatic rings. The molecule has 164 valence electrons. The van der Waals surface area contributed by atoms with Crippen LogP contribution >= 0.6 is 12.4 Å². The molecule has 2 aromatic rings. The Morgan fingerprint density at radius 2 is 1.29 bits per heavy atom. The summed E-state index contributed by atoms with van der Waals surface area (Å²) in [6, 6.07) is 10.5. The van der Waals surface area contributed by atoms with E-state index < -0.39 is 20.2 Å². The number of nitrogen functional groups attached to an aromatic ring is 1. The van der Waals surface area contributed by atoms with Crippen molar-refractivity contribution in [3.05, 3.63) is 63.6 Å². The zero-order valence-electron chi connectivity index (χ0n) is 15.5. The average molecular weight is 538 g/mol. The van der Waals surface area contributed by atoms with Gasteiger partial charge in [-0.05, 0) is 24.3 Å². The Balaban J connectivity index is -0.0000000783. The van der Waals surface area contributed by atoms with Gasteiger partial charge in [-0.15, -0.1) is 17.7 Å². The SMILES string of the molecule is C.Cl.N#[N+]c1cccc(S(=O)(=O)O)c1.Nc1cccc(S(=O)(=O)O)c1.O=N[O-].[Cl-].[Na+].[Na+]. The molecule has 0 saturated carbocycles. The minimum Gasteiger partial charge on any atom is -1.00 e. The summed E-state index contributed by atoms with van der Waals surface area (Å²) in [5, 5.41) is 17.3. The van der Waals surface area contributed by atoms with Crippen LogP contribution in [-0.4, -0.2) is 25.9 Å². The fraction of sp³-hybridized carbons (Fsp3) is 0.0769. The Kier molecular flexibility index (Phi) is 30.4. The molecule has 0 aliphatic carbocycles. The predicted octanol–water partition coefficient (Wildman–Crippen LogP) is -5.75. The van der Waals surface area contributed by atoms with Gasteiger partial charge in [0.05, 0.1) is 11.0 Å². The Morgan fingerprint density at radius 3 is 1.58 bits per heavy atom. The van der Waals surface area contributed by atoms with Crippen LogP contribution < -0.4 is 77.3 Å². The molecule has 0 aromatic heterocycles. The molecule has 0 saturated heterocycles. The number of diazo groups is 1. The second-order valence-electron chi connectivity index (χ2n) is 4.19. The number of nitrogens with zero attached hydrogens (tertiary/aromatic N) is 3. The number of anilines is 1. The van der Waals surface area contributed by atoms with Gasteiger partial charge < -0.3 is 28.3 Å². The van der Waals surface area contributed by atoms with Gasteiger partial charge in [-0.25, -0.2) is 0 Å². The zero-order chi connectivity index (χ0) is 20.4. The standard InChI is InChI=1S/C6H4N2O3S.C6H7NO3S.CH4.2ClH.HNO2.2Na/c7-8-5-2-1-3-6(4-5)12(9,10)11;7-5-2-1-3-6(4-5)11(8,9)10;;;;2-1-3;;/h1-4H;1-4H,7H2,(H,8,9,10);1H4;2*1H;(H,2,3);;/q;;;;;;2*+1/p-1. The molecule has 0 atom stereocenters. The van der Waals surface area contributed by atoms with Gasteiger partial charge in [0.1, 0.15) is 4.90 Å². The maximum atomic E-state index is 10.5. The van der Waals surface area contributed by atoms with Crippen LogP contribution in [0.5, 0.6) is 0 Å². The van der Waals surface area contributed by atoms with Crippen molar-refractivity contribution in [2.45, 2.75) is 17.2 Å². The largest absolute Gasteiger partial charge is 1.00 e. The van der Waals surface area contributed by atoms with Crippen LogP contribution in [0.2, 0.25) is 0 Å². The normalized spacial score (nSPS) is 8.55. The molecule has 0 heterocycles. The molecule has 0 spiro atoms. The number of hydrogen-bond donors (Lipinski definition) is 3. The van der Waals surface area contributed by atoms with Crippen molar-refractivity contribution >= 4 is 44.0 Å². The van der Waals surface area contributed by atoms with E-state index in [2.05, 4.69) is 4.98 Å². The molecule has 18 heteroatoms. The van der Waals surface area contributed by atoms with Crippen LogP contribution in [0.1, 0.15) is 7.43 Å². The van der Waals surface area contributed by atoms with Crippen molar-refractivity contribution in [2.24, 2.45) is 5.34 Å². The maximum Gasteiger partial charge on any atom is 1.00 e. The van der Waals surface area contributed by atoms with Crippen LogP contribution in [0.4, 0.5) is 11.4 Å². The Morgan fingerprint density at radius 1 is 0.935 bits per heavy atom. The van der Waals surface area contributed by atoms with Gasteiger partial charge in [0.25, 0.3) is 20.2 Å². The smallest absolute Gasteiger partial charge is 1.00 e. The number of rotatable bonds is 2. The third kappa shape index (κ3) is 19.8. The molecule has 0 bridgehead atoms. The minimum absolute atomic E-state index is 0. The summed E-state index contributed by atoms with van der Waals surface area (Å²) in [6.45, 7) is 0. The van der Waals surface area contributed by atoms with E-state index in [1.807, 2.05) is 0 Å². The first-order valence-electron chi connectivity index (χ1n) is 6.16. The van der Waals surface area contributed by atoms with Crippen LogP contribution in [0.25, 0.3) is 4.98 Å². The van der Waals surface area contributed by atoms with E-state index >= 15 is 0 Å². The molecule has 0 radical (unpaired) electrons. The average Bonchev–Trinajstić information content (AvgIpc) is 2.55. The summed E-state index contributed by atoms with van der Waals surface area (Å²) in [7, 11) is -8.31. The van der Waals surface area contributed by atoms with E-state index in [1.54, 1.807) is 0 Å². The molecule has 4 N–H and O–H groups in total. The summed E-state index contributed by atoms with van der Waals surface area (Å²) in [4.78, 5) is 10.3. The molecule has 0 fully saturated rings. The third-order valence-electron chi connectivity index (χ3n) is 2.39. The van der Waals surface area contributed by atoms with E-state index in [-0.39, 0.29) is 107 Å². The Bertz CT molecular complexity index is 1020. The van der Waals surface area contributed by atoms with E-state index in [4.69, 9.17) is 30.3 Å². The van der Waals surface area contributed by atoms with Gasteiger partial charge in [-0.2, -0.15) is 16.8 Å². The van der Waals surface area contributed by atoms with Crippen LogP contribution in [0, 0.1) is 15.5 Å². The number of hydrogen-bond acceptors (Lipinski definition) is 9. The first-order chi connectivity index (χ1) is 12.0. The van der Waals surface area contributed by atoms with E-state index in [9.17, 15) is 16.8 Å². The van der Waals surface area contributed by atoms with Crippen LogP contribution in [-0.2, 0) is 20.2 Å². The number of nitrogens with two attached hydrogens (primary N) is 1. The molecular formula is C13H17Cl2N4Na2O8S2+.